The Morgan fingerprint density at radius 3 is 2.60 bits per heavy atom. The first-order chi connectivity index (χ1) is 14.6. The molecule has 0 fully saturated rings. The van der Waals surface area contributed by atoms with Gasteiger partial charge in [-0.1, -0.05) is 65.8 Å². The second-order valence-electron chi connectivity index (χ2n) is 6.60. The molecular weight excluding hydrogens is 438 g/mol. The molecule has 0 aliphatic rings. The molecule has 4 aromatic rings. The van der Waals surface area contributed by atoms with Gasteiger partial charge in [0.15, 0.2) is 5.16 Å². The SMILES string of the molecule is O=C(CSc1nc2ccsc2c(=O)n1Cc1ccccc1)NCc1ccc(Cl)cc1. The molecule has 152 valence electrons. The molecule has 0 aliphatic carbocycles. The minimum Gasteiger partial charge on any atom is -0.351 e. The summed E-state index contributed by atoms with van der Waals surface area (Å²) < 4.78 is 2.27. The van der Waals surface area contributed by atoms with Crippen molar-refractivity contribution in [3.8, 4) is 0 Å². The van der Waals surface area contributed by atoms with Gasteiger partial charge in [0.1, 0.15) is 4.70 Å². The molecule has 30 heavy (non-hydrogen) atoms. The quantitative estimate of drug-likeness (QED) is 0.327. The van der Waals surface area contributed by atoms with E-state index in [0.717, 1.165) is 11.1 Å². The lowest BCUT2D eigenvalue weighted by atomic mass is 10.2. The summed E-state index contributed by atoms with van der Waals surface area (Å²) in [6.07, 6.45) is 0. The van der Waals surface area contributed by atoms with Crippen LogP contribution in [0.25, 0.3) is 10.2 Å². The third kappa shape index (κ3) is 4.92. The highest BCUT2D eigenvalue weighted by atomic mass is 35.5. The van der Waals surface area contributed by atoms with E-state index in [-0.39, 0.29) is 17.2 Å². The Hall–Kier alpha value is -2.61. The molecule has 0 aliphatic heterocycles. The van der Waals surface area contributed by atoms with Crippen LogP contribution in [0.15, 0.2) is 76.0 Å². The molecule has 0 radical (unpaired) electrons. The topological polar surface area (TPSA) is 64.0 Å². The highest BCUT2D eigenvalue weighted by Gasteiger charge is 2.14. The number of nitrogens with one attached hydrogen (secondary N) is 1. The lowest BCUT2D eigenvalue weighted by Gasteiger charge is -2.12. The van der Waals surface area contributed by atoms with Crippen molar-refractivity contribution in [2.24, 2.45) is 0 Å². The van der Waals surface area contributed by atoms with Crippen LogP contribution in [-0.4, -0.2) is 21.2 Å². The zero-order chi connectivity index (χ0) is 20.9. The molecule has 8 heteroatoms. The zero-order valence-electron chi connectivity index (χ0n) is 15.9. The fourth-order valence-electron chi connectivity index (χ4n) is 2.92. The van der Waals surface area contributed by atoms with Gasteiger partial charge in [-0.05, 0) is 34.7 Å². The molecule has 0 saturated heterocycles. The number of thioether (sulfide) groups is 1. The van der Waals surface area contributed by atoms with Crippen LogP contribution < -0.4 is 10.9 Å². The summed E-state index contributed by atoms with van der Waals surface area (Å²) in [7, 11) is 0. The van der Waals surface area contributed by atoms with Gasteiger partial charge in [0, 0.05) is 11.6 Å². The Labute approximate surface area is 186 Å². The predicted octanol–water partition coefficient (Wildman–Crippen LogP) is 4.57. The van der Waals surface area contributed by atoms with Crippen LogP contribution in [0.3, 0.4) is 0 Å². The molecule has 0 bridgehead atoms. The summed E-state index contributed by atoms with van der Waals surface area (Å²) in [6.45, 7) is 0.833. The van der Waals surface area contributed by atoms with Gasteiger partial charge in [-0.15, -0.1) is 11.3 Å². The molecule has 1 N–H and O–H groups in total. The summed E-state index contributed by atoms with van der Waals surface area (Å²) in [4.78, 5) is 30.0. The molecule has 1 amide bonds. The molecule has 4 rings (SSSR count). The van der Waals surface area contributed by atoms with E-state index < -0.39 is 0 Å². The van der Waals surface area contributed by atoms with Crippen LogP contribution in [0.4, 0.5) is 0 Å². The fourth-order valence-corrected chi connectivity index (χ4v) is 4.66. The van der Waals surface area contributed by atoms with Crippen molar-refractivity contribution in [2.75, 3.05) is 5.75 Å². The second kappa shape index (κ2) is 9.47. The average molecular weight is 456 g/mol. The van der Waals surface area contributed by atoms with Crippen molar-refractivity contribution < 1.29 is 4.79 Å². The molecule has 0 unspecified atom stereocenters. The Kier molecular flexibility index (Phi) is 6.52. The van der Waals surface area contributed by atoms with Crippen molar-refractivity contribution in [1.29, 1.82) is 0 Å². The molecule has 2 aromatic heterocycles. The first kappa shape index (κ1) is 20.7. The third-order valence-corrected chi connectivity index (χ3v) is 6.57. The third-order valence-electron chi connectivity index (χ3n) is 4.45. The number of aromatic nitrogens is 2. The maximum atomic E-state index is 13.0. The zero-order valence-corrected chi connectivity index (χ0v) is 18.3. The van der Waals surface area contributed by atoms with Crippen molar-refractivity contribution in [1.82, 2.24) is 14.9 Å². The van der Waals surface area contributed by atoms with E-state index in [0.29, 0.717) is 33.5 Å². The van der Waals surface area contributed by atoms with Crippen LogP contribution in [0, 0.1) is 0 Å². The lowest BCUT2D eigenvalue weighted by Crippen LogP contribution is -2.26. The highest BCUT2D eigenvalue weighted by Crippen LogP contribution is 2.21. The van der Waals surface area contributed by atoms with Crippen molar-refractivity contribution in [3.63, 3.8) is 0 Å². The average Bonchev–Trinajstić information content (AvgIpc) is 3.24. The number of hydrogen-bond acceptors (Lipinski definition) is 5. The van der Waals surface area contributed by atoms with Crippen molar-refractivity contribution >= 4 is 50.8 Å². The maximum Gasteiger partial charge on any atom is 0.272 e. The normalized spacial score (nSPS) is 11.0. The van der Waals surface area contributed by atoms with Gasteiger partial charge in [-0.25, -0.2) is 4.98 Å². The Morgan fingerprint density at radius 2 is 1.83 bits per heavy atom. The molecule has 0 saturated carbocycles. The molecule has 2 aromatic carbocycles. The molecule has 0 atom stereocenters. The molecular formula is C22H18ClN3O2S2. The largest absolute Gasteiger partial charge is 0.351 e. The lowest BCUT2D eigenvalue weighted by molar-refractivity contribution is -0.118. The maximum absolute atomic E-state index is 13.0. The molecule has 2 heterocycles. The van der Waals surface area contributed by atoms with Gasteiger partial charge in [0.2, 0.25) is 5.91 Å². The van der Waals surface area contributed by atoms with Gasteiger partial charge in [0.25, 0.3) is 5.56 Å². The standard InChI is InChI=1S/C22H18ClN3O2S2/c23-17-8-6-15(7-9-17)12-24-19(27)14-30-22-25-18-10-11-29-20(18)21(28)26(22)13-16-4-2-1-3-5-16/h1-11H,12-14H2,(H,24,27). The van der Waals surface area contributed by atoms with Gasteiger partial charge in [-0.2, -0.15) is 0 Å². The number of halogens is 1. The van der Waals surface area contributed by atoms with Crippen LogP contribution in [0.1, 0.15) is 11.1 Å². The van der Waals surface area contributed by atoms with Gasteiger partial charge in [0.05, 0.1) is 17.8 Å². The number of hydrogen-bond donors (Lipinski definition) is 1. The van der Waals surface area contributed by atoms with E-state index in [9.17, 15) is 9.59 Å². The van der Waals surface area contributed by atoms with Gasteiger partial charge >= 0.3 is 0 Å². The Balaban J connectivity index is 1.49. The van der Waals surface area contributed by atoms with Crippen LogP contribution in [-0.2, 0) is 17.9 Å². The number of benzene rings is 2. The van der Waals surface area contributed by atoms with Crippen molar-refractivity contribution in [3.05, 3.63) is 92.5 Å². The first-order valence-corrected chi connectivity index (χ1v) is 11.5. The van der Waals surface area contributed by atoms with Gasteiger partial charge in [-0.3, -0.25) is 14.2 Å². The summed E-state index contributed by atoms with van der Waals surface area (Å²) in [6, 6.07) is 18.9. The fraction of sp³-hybridized carbons (Fsp3) is 0.136. The summed E-state index contributed by atoms with van der Waals surface area (Å²) in [5.74, 6) is 0.0469. The van der Waals surface area contributed by atoms with E-state index in [1.165, 1.54) is 23.1 Å². The number of carbonyl (C=O) groups excluding carboxylic acids is 1. The number of fused-ring (bicyclic) bond motifs is 1. The number of amides is 1. The van der Waals surface area contributed by atoms with E-state index in [4.69, 9.17) is 11.6 Å². The number of carbonyl (C=O) groups is 1. The summed E-state index contributed by atoms with van der Waals surface area (Å²) >= 11 is 8.54. The first-order valence-electron chi connectivity index (χ1n) is 9.26. The highest BCUT2D eigenvalue weighted by molar-refractivity contribution is 7.99. The smallest absolute Gasteiger partial charge is 0.272 e. The molecule has 5 nitrogen and oxygen atoms in total. The van der Waals surface area contributed by atoms with E-state index in [1.807, 2.05) is 53.9 Å². The monoisotopic (exact) mass is 455 g/mol. The van der Waals surface area contributed by atoms with E-state index in [1.54, 1.807) is 16.7 Å². The van der Waals surface area contributed by atoms with Crippen LogP contribution in [0.2, 0.25) is 5.02 Å². The van der Waals surface area contributed by atoms with Crippen LogP contribution in [0.5, 0.6) is 0 Å². The second-order valence-corrected chi connectivity index (χ2v) is 8.89. The summed E-state index contributed by atoms with van der Waals surface area (Å²) in [5.41, 5.74) is 2.56. The molecule has 0 spiro atoms. The Morgan fingerprint density at radius 1 is 1.07 bits per heavy atom. The van der Waals surface area contributed by atoms with Crippen LogP contribution >= 0.6 is 34.7 Å². The Bertz CT molecular complexity index is 1220. The predicted molar refractivity (Wildman–Crippen MR) is 123 cm³/mol. The van der Waals surface area contributed by atoms with Crippen molar-refractivity contribution in [2.45, 2.75) is 18.2 Å². The summed E-state index contributed by atoms with van der Waals surface area (Å²) in [5, 5.41) is 5.95. The minimum atomic E-state index is -0.124. The van der Waals surface area contributed by atoms with E-state index in [2.05, 4.69) is 10.3 Å². The number of nitrogens with zero attached hydrogens (tertiary/aromatic N) is 2. The number of rotatable bonds is 7. The number of thiophene rings is 1. The van der Waals surface area contributed by atoms with Gasteiger partial charge < -0.3 is 5.32 Å². The van der Waals surface area contributed by atoms with E-state index >= 15 is 0 Å². The minimum absolute atomic E-state index is 0.0806.